The van der Waals surface area contributed by atoms with Gasteiger partial charge >= 0.3 is 6.03 Å². The van der Waals surface area contributed by atoms with E-state index in [1.165, 1.54) is 15.3 Å². The largest absolute Gasteiger partial charge is 0.497 e. The first-order chi connectivity index (χ1) is 16.1. The molecule has 1 aliphatic rings. The lowest BCUT2D eigenvalue weighted by molar-refractivity contribution is 0.0829. The molecule has 3 atom stereocenters. The minimum absolute atomic E-state index is 0.0261. The Bertz CT molecular complexity index is 1110. The summed E-state index contributed by atoms with van der Waals surface area (Å²) in [5.74, 6) is 0.613. The molecule has 0 spiro atoms. The predicted octanol–water partition coefficient (Wildman–Crippen LogP) is 3.39. The van der Waals surface area contributed by atoms with E-state index in [9.17, 15) is 18.3 Å². The van der Waals surface area contributed by atoms with Crippen LogP contribution in [-0.4, -0.2) is 74.8 Å². The predicted molar refractivity (Wildman–Crippen MR) is 133 cm³/mol. The van der Waals surface area contributed by atoms with Crippen molar-refractivity contribution in [1.29, 1.82) is 0 Å². The highest BCUT2D eigenvalue weighted by Crippen LogP contribution is 2.35. The quantitative estimate of drug-likeness (QED) is 0.565. The molecule has 2 aromatic carbocycles. The SMILES string of the molecule is COc1ccc(NC(=O)N(C)C[C@@H]2Oc3cc(Br)ccc3S(=O)(=O)N([C@H](C)CO)C[C@H]2C)cc1. The fraction of sp³-hybridized carbons (Fsp3) is 0.435. The smallest absolute Gasteiger partial charge is 0.321 e. The molecule has 0 unspecified atom stereocenters. The maximum atomic E-state index is 13.4. The van der Waals surface area contributed by atoms with Crippen molar-refractivity contribution in [3.05, 3.63) is 46.9 Å². The van der Waals surface area contributed by atoms with Crippen LogP contribution in [0, 0.1) is 5.92 Å². The Hall–Kier alpha value is -2.34. The number of carbonyl (C=O) groups is 1. The molecular weight excluding hydrogens is 526 g/mol. The zero-order valence-electron chi connectivity index (χ0n) is 19.6. The number of benzene rings is 2. The number of rotatable bonds is 6. The van der Waals surface area contributed by atoms with Crippen LogP contribution in [0.3, 0.4) is 0 Å². The Morgan fingerprint density at radius 3 is 2.62 bits per heavy atom. The summed E-state index contributed by atoms with van der Waals surface area (Å²) in [6, 6.07) is 10.8. The number of nitrogens with zero attached hydrogens (tertiary/aromatic N) is 2. The van der Waals surface area contributed by atoms with Crippen LogP contribution >= 0.6 is 15.9 Å². The lowest BCUT2D eigenvalue weighted by Crippen LogP contribution is -2.50. The summed E-state index contributed by atoms with van der Waals surface area (Å²) in [6.45, 7) is 3.58. The first kappa shape index (κ1) is 26.3. The second-order valence-electron chi connectivity index (χ2n) is 8.37. The molecular formula is C23H30BrN3O6S. The molecule has 2 N–H and O–H groups in total. The molecule has 9 nitrogen and oxygen atoms in total. The first-order valence-corrected chi connectivity index (χ1v) is 13.0. The van der Waals surface area contributed by atoms with E-state index in [4.69, 9.17) is 9.47 Å². The molecule has 186 valence electrons. The summed E-state index contributed by atoms with van der Waals surface area (Å²) >= 11 is 3.38. The van der Waals surface area contributed by atoms with E-state index in [1.54, 1.807) is 57.5 Å². The first-order valence-electron chi connectivity index (χ1n) is 10.8. The van der Waals surface area contributed by atoms with E-state index in [1.807, 2.05) is 6.92 Å². The van der Waals surface area contributed by atoms with Crippen molar-refractivity contribution in [2.45, 2.75) is 30.9 Å². The van der Waals surface area contributed by atoms with Crippen LogP contribution in [0.2, 0.25) is 0 Å². The van der Waals surface area contributed by atoms with E-state index in [0.717, 1.165) is 0 Å². The number of fused-ring (bicyclic) bond motifs is 1. The number of ether oxygens (including phenoxy) is 2. The van der Waals surface area contributed by atoms with Gasteiger partial charge in [-0.05, 0) is 49.4 Å². The fourth-order valence-electron chi connectivity index (χ4n) is 3.66. The van der Waals surface area contributed by atoms with Gasteiger partial charge < -0.3 is 24.8 Å². The van der Waals surface area contributed by atoms with E-state index in [2.05, 4.69) is 21.2 Å². The number of anilines is 1. The standard InChI is InChI=1S/C23H30BrN3O6S/c1-15-12-27(16(2)14-28)34(30,31)22-10-5-17(24)11-20(22)33-21(15)13-26(3)23(29)25-18-6-8-19(32-4)9-7-18/h5-11,15-16,21,28H,12-14H2,1-4H3,(H,25,29)/t15-,16-,21+/m1/s1. The number of urea groups is 1. The summed E-state index contributed by atoms with van der Waals surface area (Å²) in [5.41, 5.74) is 0.618. The molecule has 34 heavy (non-hydrogen) atoms. The van der Waals surface area contributed by atoms with Crippen molar-refractivity contribution in [3.63, 3.8) is 0 Å². The summed E-state index contributed by atoms with van der Waals surface area (Å²) in [5, 5.41) is 12.5. The molecule has 11 heteroatoms. The zero-order chi connectivity index (χ0) is 25.0. The van der Waals surface area contributed by atoms with Gasteiger partial charge in [0.05, 0.1) is 20.3 Å². The Morgan fingerprint density at radius 2 is 2.00 bits per heavy atom. The minimum atomic E-state index is -3.89. The number of hydrogen-bond donors (Lipinski definition) is 2. The van der Waals surface area contributed by atoms with Crippen molar-refractivity contribution in [2.24, 2.45) is 5.92 Å². The van der Waals surface area contributed by atoms with Crippen molar-refractivity contribution in [3.8, 4) is 11.5 Å². The van der Waals surface area contributed by atoms with Gasteiger partial charge in [-0.25, -0.2) is 13.2 Å². The Kier molecular flexibility index (Phi) is 8.45. The van der Waals surface area contributed by atoms with Gasteiger partial charge in [0, 0.05) is 35.7 Å². The zero-order valence-corrected chi connectivity index (χ0v) is 22.0. The Labute approximate surface area is 208 Å². The van der Waals surface area contributed by atoms with Crippen LogP contribution < -0.4 is 14.8 Å². The summed E-state index contributed by atoms with van der Waals surface area (Å²) in [4.78, 5) is 14.3. The van der Waals surface area contributed by atoms with Crippen LogP contribution in [0.5, 0.6) is 11.5 Å². The van der Waals surface area contributed by atoms with E-state index in [0.29, 0.717) is 15.9 Å². The summed E-state index contributed by atoms with van der Waals surface area (Å²) in [6.07, 6.45) is -0.497. The lowest BCUT2D eigenvalue weighted by atomic mass is 10.0. The monoisotopic (exact) mass is 555 g/mol. The van der Waals surface area contributed by atoms with Crippen LogP contribution in [0.4, 0.5) is 10.5 Å². The number of hydrogen-bond acceptors (Lipinski definition) is 6. The van der Waals surface area contributed by atoms with Crippen molar-refractivity contribution >= 4 is 37.7 Å². The topological polar surface area (TPSA) is 108 Å². The Balaban J connectivity index is 1.85. The van der Waals surface area contributed by atoms with Crippen LogP contribution in [-0.2, 0) is 10.0 Å². The number of nitrogens with one attached hydrogen (secondary N) is 1. The summed E-state index contributed by atoms with van der Waals surface area (Å²) < 4.78 is 40.0. The van der Waals surface area contributed by atoms with Gasteiger partial charge in [-0.2, -0.15) is 4.31 Å². The summed E-state index contributed by atoms with van der Waals surface area (Å²) in [7, 11) is -0.670. The number of likely N-dealkylation sites (N-methyl/N-ethyl adjacent to an activating group) is 1. The number of aliphatic hydroxyl groups is 1. The van der Waals surface area contributed by atoms with Gasteiger partial charge in [0.15, 0.2) is 0 Å². The molecule has 2 aromatic rings. The normalized spacial score (nSPS) is 20.8. The van der Waals surface area contributed by atoms with Crippen LogP contribution in [0.15, 0.2) is 51.8 Å². The highest BCUT2D eigenvalue weighted by molar-refractivity contribution is 9.10. The van der Waals surface area contributed by atoms with Crippen molar-refractivity contribution < 1.29 is 27.8 Å². The maximum absolute atomic E-state index is 13.4. The maximum Gasteiger partial charge on any atom is 0.321 e. The average Bonchev–Trinajstić information content (AvgIpc) is 2.81. The fourth-order valence-corrected chi connectivity index (χ4v) is 5.83. The number of aliphatic hydroxyl groups excluding tert-OH is 1. The van der Waals surface area contributed by atoms with Gasteiger partial charge in [-0.15, -0.1) is 0 Å². The van der Waals surface area contributed by atoms with Crippen LogP contribution in [0.25, 0.3) is 0 Å². The Morgan fingerprint density at radius 1 is 1.32 bits per heavy atom. The average molecular weight is 556 g/mol. The molecule has 0 saturated carbocycles. The van der Waals surface area contributed by atoms with Gasteiger partial charge in [0.25, 0.3) is 0 Å². The molecule has 3 rings (SSSR count). The van der Waals surface area contributed by atoms with Gasteiger partial charge in [0.1, 0.15) is 22.5 Å². The number of methoxy groups -OCH3 is 1. The van der Waals surface area contributed by atoms with Crippen molar-refractivity contribution in [1.82, 2.24) is 9.21 Å². The van der Waals surface area contributed by atoms with Crippen molar-refractivity contribution in [2.75, 3.05) is 39.2 Å². The third kappa shape index (κ3) is 5.83. The molecule has 1 aliphatic heterocycles. The molecule has 0 bridgehead atoms. The second kappa shape index (κ2) is 10.9. The lowest BCUT2D eigenvalue weighted by Gasteiger charge is -2.37. The van der Waals surface area contributed by atoms with E-state index >= 15 is 0 Å². The molecule has 0 saturated heterocycles. The minimum Gasteiger partial charge on any atom is -0.497 e. The van der Waals surface area contributed by atoms with Crippen LogP contribution in [0.1, 0.15) is 13.8 Å². The molecule has 0 radical (unpaired) electrons. The van der Waals surface area contributed by atoms with Gasteiger partial charge in [0.2, 0.25) is 10.0 Å². The van der Waals surface area contributed by atoms with E-state index < -0.39 is 22.2 Å². The third-order valence-electron chi connectivity index (χ3n) is 5.77. The number of sulfonamides is 1. The number of amides is 2. The molecule has 0 aliphatic carbocycles. The molecule has 2 amide bonds. The van der Waals surface area contributed by atoms with E-state index in [-0.39, 0.29) is 42.3 Å². The van der Waals surface area contributed by atoms with Gasteiger partial charge in [-0.3, -0.25) is 0 Å². The second-order valence-corrected chi connectivity index (χ2v) is 11.1. The number of halogens is 1. The molecule has 0 fully saturated rings. The number of carbonyl (C=O) groups excluding carboxylic acids is 1. The molecule has 1 heterocycles. The third-order valence-corrected chi connectivity index (χ3v) is 8.28. The highest BCUT2D eigenvalue weighted by atomic mass is 79.9. The van der Waals surface area contributed by atoms with Gasteiger partial charge in [-0.1, -0.05) is 22.9 Å². The molecule has 0 aromatic heterocycles. The highest BCUT2D eigenvalue weighted by Gasteiger charge is 2.38.